The summed E-state index contributed by atoms with van der Waals surface area (Å²) >= 11 is 0. The van der Waals surface area contributed by atoms with Crippen LogP contribution in [-0.4, -0.2) is 68.9 Å². The van der Waals surface area contributed by atoms with Crippen LogP contribution >= 0.6 is 0 Å². The van der Waals surface area contributed by atoms with Crippen LogP contribution in [0.4, 0.5) is 0 Å². The first kappa shape index (κ1) is 16.1. The smallest absolute Gasteiger partial charge is 0.124 e. The summed E-state index contributed by atoms with van der Waals surface area (Å²) in [6.07, 6.45) is 0.575. The summed E-state index contributed by atoms with van der Waals surface area (Å²) in [5.74, 6) is 1.43. The molecule has 118 valence electrons. The van der Waals surface area contributed by atoms with Gasteiger partial charge in [0.2, 0.25) is 0 Å². The number of ether oxygens (including phenoxy) is 2. The lowest BCUT2D eigenvalue weighted by Gasteiger charge is -2.23. The Hall–Kier alpha value is -1.30. The molecule has 1 fully saturated rings. The number of rotatable bonds is 6. The minimum Gasteiger partial charge on any atom is -0.497 e. The molecular formula is C16H26N2O3. The van der Waals surface area contributed by atoms with E-state index in [0.29, 0.717) is 18.3 Å². The highest BCUT2D eigenvalue weighted by Crippen LogP contribution is 2.30. The molecule has 1 N–H and O–H groups in total. The maximum absolute atomic E-state index is 10.5. The number of β-amino-alcohol motifs (C(OH)–C–C–N with tert-alkyl or cyclic N) is 1. The lowest BCUT2D eigenvalue weighted by Crippen LogP contribution is -2.33. The minimum atomic E-state index is -0.573. The maximum Gasteiger partial charge on any atom is 0.124 e. The predicted octanol–water partition coefficient (Wildman–Crippen LogP) is 1.37. The number of aliphatic hydroxyl groups excluding tert-OH is 1. The summed E-state index contributed by atoms with van der Waals surface area (Å²) in [7, 11) is 7.46. The third-order valence-corrected chi connectivity index (χ3v) is 4.20. The van der Waals surface area contributed by atoms with Crippen LogP contribution in [0.3, 0.4) is 0 Å². The van der Waals surface area contributed by atoms with Crippen LogP contribution in [0.25, 0.3) is 0 Å². The van der Waals surface area contributed by atoms with E-state index in [1.807, 2.05) is 18.2 Å². The first-order valence-corrected chi connectivity index (χ1v) is 7.34. The number of benzene rings is 1. The second-order valence-electron chi connectivity index (χ2n) is 5.79. The largest absolute Gasteiger partial charge is 0.497 e. The van der Waals surface area contributed by atoms with Gasteiger partial charge in [0.25, 0.3) is 0 Å². The summed E-state index contributed by atoms with van der Waals surface area (Å²) < 4.78 is 10.6. The van der Waals surface area contributed by atoms with Gasteiger partial charge >= 0.3 is 0 Å². The van der Waals surface area contributed by atoms with Gasteiger partial charge in [-0.2, -0.15) is 0 Å². The molecule has 5 heteroatoms. The first-order valence-electron chi connectivity index (χ1n) is 7.34. The van der Waals surface area contributed by atoms with Crippen LogP contribution in [-0.2, 0) is 0 Å². The Labute approximate surface area is 127 Å². The van der Waals surface area contributed by atoms with Crippen molar-refractivity contribution in [3.63, 3.8) is 0 Å². The van der Waals surface area contributed by atoms with Crippen molar-refractivity contribution < 1.29 is 14.6 Å². The van der Waals surface area contributed by atoms with E-state index >= 15 is 0 Å². The van der Waals surface area contributed by atoms with E-state index in [9.17, 15) is 5.11 Å². The van der Waals surface area contributed by atoms with Gasteiger partial charge in [-0.3, -0.25) is 4.90 Å². The van der Waals surface area contributed by atoms with E-state index in [1.54, 1.807) is 14.2 Å². The Bertz CT molecular complexity index is 465. The third-order valence-electron chi connectivity index (χ3n) is 4.20. The zero-order valence-corrected chi connectivity index (χ0v) is 13.4. The normalized spacial score (nSPS) is 20.8. The van der Waals surface area contributed by atoms with Gasteiger partial charge in [0.05, 0.1) is 20.3 Å². The van der Waals surface area contributed by atoms with E-state index in [4.69, 9.17) is 9.47 Å². The fourth-order valence-electron chi connectivity index (χ4n) is 2.84. The molecule has 1 heterocycles. The minimum absolute atomic E-state index is 0.573. The second-order valence-corrected chi connectivity index (χ2v) is 5.79. The Morgan fingerprint density at radius 2 is 2.10 bits per heavy atom. The zero-order chi connectivity index (χ0) is 15.4. The van der Waals surface area contributed by atoms with Crippen molar-refractivity contribution in [1.82, 2.24) is 9.80 Å². The molecule has 1 saturated heterocycles. The summed E-state index contributed by atoms with van der Waals surface area (Å²) in [6, 6.07) is 6.10. The molecule has 21 heavy (non-hydrogen) atoms. The number of hydrogen-bond acceptors (Lipinski definition) is 5. The van der Waals surface area contributed by atoms with E-state index < -0.39 is 6.10 Å². The molecule has 1 aromatic rings. The fourth-order valence-corrected chi connectivity index (χ4v) is 2.84. The van der Waals surface area contributed by atoms with Crippen LogP contribution < -0.4 is 9.47 Å². The van der Waals surface area contributed by atoms with Crippen LogP contribution in [0.1, 0.15) is 18.1 Å². The van der Waals surface area contributed by atoms with E-state index in [2.05, 4.69) is 23.9 Å². The van der Waals surface area contributed by atoms with Gasteiger partial charge in [-0.05, 0) is 45.3 Å². The highest BCUT2D eigenvalue weighted by molar-refractivity contribution is 5.41. The average molecular weight is 294 g/mol. The van der Waals surface area contributed by atoms with Crippen molar-refractivity contribution in [3.05, 3.63) is 23.8 Å². The molecule has 0 radical (unpaired) electrons. The average Bonchev–Trinajstić information content (AvgIpc) is 2.95. The van der Waals surface area contributed by atoms with Gasteiger partial charge in [0.15, 0.2) is 0 Å². The molecule has 2 rings (SSSR count). The molecule has 0 saturated carbocycles. The first-order chi connectivity index (χ1) is 10.0. The summed E-state index contributed by atoms with van der Waals surface area (Å²) in [4.78, 5) is 4.55. The Morgan fingerprint density at radius 3 is 2.67 bits per heavy atom. The highest BCUT2D eigenvalue weighted by Gasteiger charge is 2.26. The lowest BCUT2D eigenvalue weighted by molar-refractivity contribution is 0.119. The molecule has 5 nitrogen and oxygen atoms in total. The van der Waals surface area contributed by atoms with Gasteiger partial charge in [-0.25, -0.2) is 0 Å². The topological polar surface area (TPSA) is 45.2 Å². The number of likely N-dealkylation sites (N-methyl/N-ethyl adjacent to an activating group) is 1. The summed E-state index contributed by atoms with van der Waals surface area (Å²) in [5, 5.41) is 10.5. The molecule has 0 aliphatic carbocycles. The molecule has 2 unspecified atom stereocenters. The van der Waals surface area contributed by atoms with Gasteiger partial charge < -0.3 is 19.5 Å². The second kappa shape index (κ2) is 7.11. The molecule has 0 amide bonds. The van der Waals surface area contributed by atoms with Crippen molar-refractivity contribution in [1.29, 1.82) is 0 Å². The highest BCUT2D eigenvalue weighted by atomic mass is 16.5. The van der Waals surface area contributed by atoms with Crippen molar-refractivity contribution in [3.8, 4) is 11.5 Å². The number of hydrogen-bond donors (Lipinski definition) is 1. The van der Waals surface area contributed by atoms with Gasteiger partial charge in [0.1, 0.15) is 11.5 Å². The van der Waals surface area contributed by atoms with Crippen molar-refractivity contribution in [2.24, 2.45) is 0 Å². The number of aliphatic hydroxyl groups is 1. The fraction of sp³-hybridized carbons (Fsp3) is 0.625. The van der Waals surface area contributed by atoms with E-state index in [-0.39, 0.29) is 0 Å². The van der Waals surface area contributed by atoms with Gasteiger partial charge in [-0.15, -0.1) is 0 Å². The molecule has 1 aliphatic rings. The van der Waals surface area contributed by atoms with Crippen molar-refractivity contribution >= 4 is 0 Å². The number of nitrogens with zero attached hydrogens (tertiary/aromatic N) is 2. The van der Waals surface area contributed by atoms with Crippen LogP contribution in [0, 0.1) is 0 Å². The predicted molar refractivity (Wildman–Crippen MR) is 83.0 cm³/mol. The zero-order valence-electron chi connectivity index (χ0n) is 13.4. The summed E-state index contributed by atoms with van der Waals surface area (Å²) in [5.41, 5.74) is 0.783. The Balaban J connectivity index is 2.04. The molecule has 0 bridgehead atoms. The molecule has 2 atom stereocenters. The van der Waals surface area contributed by atoms with Crippen LogP contribution in [0.15, 0.2) is 18.2 Å². The quantitative estimate of drug-likeness (QED) is 0.858. The number of likely N-dealkylation sites (tertiary alicyclic amines) is 1. The Kier molecular flexibility index (Phi) is 5.45. The molecule has 0 spiro atoms. The third kappa shape index (κ3) is 3.87. The van der Waals surface area contributed by atoms with Crippen molar-refractivity contribution in [2.45, 2.75) is 18.6 Å². The monoisotopic (exact) mass is 294 g/mol. The van der Waals surface area contributed by atoms with Crippen LogP contribution in [0.5, 0.6) is 11.5 Å². The number of methoxy groups -OCH3 is 2. The molecule has 1 aromatic carbocycles. The molecule has 1 aliphatic heterocycles. The van der Waals surface area contributed by atoms with Crippen LogP contribution in [0.2, 0.25) is 0 Å². The van der Waals surface area contributed by atoms with E-state index in [0.717, 1.165) is 30.8 Å². The molecular weight excluding hydrogens is 268 g/mol. The summed E-state index contributed by atoms with van der Waals surface area (Å²) in [6.45, 7) is 2.64. The standard InChI is InChI=1S/C16H26N2O3/c1-17(2)12-7-8-18(10-12)11-15(19)14-9-13(20-3)5-6-16(14)21-4/h5-6,9,12,15,19H,7-8,10-11H2,1-4H3. The lowest BCUT2D eigenvalue weighted by atomic mass is 10.1. The SMILES string of the molecule is COc1ccc(OC)c(C(O)CN2CCC(N(C)C)C2)c1. The maximum atomic E-state index is 10.5. The molecule has 0 aromatic heterocycles. The van der Waals surface area contributed by atoms with E-state index in [1.165, 1.54) is 0 Å². The van der Waals surface area contributed by atoms with Gasteiger partial charge in [0, 0.05) is 24.7 Å². The van der Waals surface area contributed by atoms with Gasteiger partial charge in [-0.1, -0.05) is 0 Å². The Morgan fingerprint density at radius 1 is 1.33 bits per heavy atom. The van der Waals surface area contributed by atoms with Crippen molar-refractivity contribution in [2.75, 3.05) is 47.9 Å².